The molecule has 0 spiro atoms. The van der Waals surface area contributed by atoms with Crippen molar-refractivity contribution < 1.29 is 14.3 Å². The van der Waals surface area contributed by atoms with Gasteiger partial charge in [-0.1, -0.05) is 0 Å². The Morgan fingerprint density at radius 1 is 1.75 bits per heavy atom. The lowest BCUT2D eigenvalue weighted by molar-refractivity contribution is -0.145. The van der Waals surface area contributed by atoms with Gasteiger partial charge in [-0.3, -0.25) is 0 Å². The second-order valence-corrected chi connectivity index (χ2v) is 3.40. The predicted molar refractivity (Wildman–Crippen MR) is 42.8 cm³/mol. The first kappa shape index (κ1) is 9.45. The summed E-state index contributed by atoms with van der Waals surface area (Å²) in [5, 5.41) is 8.43. The number of hydrogen-bond acceptors (Lipinski definition) is 2. The highest BCUT2D eigenvalue weighted by atomic mass is 19.1. The fourth-order valence-electron chi connectivity index (χ4n) is 1.65. The summed E-state index contributed by atoms with van der Waals surface area (Å²) in [6.07, 6.45) is -0.0973. The molecule has 0 aliphatic carbocycles. The monoisotopic (exact) mass is 175 g/mol. The van der Waals surface area contributed by atoms with Gasteiger partial charge in [-0.25, -0.2) is 9.18 Å². The van der Waals surface area contributed by atoms with Crippen LogP contribution in [0.2, 0.25) is 0 Å². The molecular formula is C8H14FNO2. The largest absolute Gasteiger partial charge is 0.479 e. The second-order valence-electron chi connectivity index (χ2n) is 3.40. The Labute approximate surface area is 71.2 Å². The van der Waals surface area contributed by atoms with Crippen LogP contribution in [0, 0.1) is 5.92 Å². The lowest BCUT2D eigenvalue weighted by Crippen LogP contribution is -2.39. The van der Waals surface area contributed by atoms with E-state index in [1.807, 2.05) is 11.9 Å². The minimum atomic E-state index is -1.69. The number of hydrogen-bond donors (Lipinski definition) is 1. The van der Waals surface area contributed by atoms with Crippen LogP contribution in [0.25, 0.3) is 0 Å². The molecule has 12 heavy (non-hydrogen) atoms. The number of aliphatic carboxylic acids is 1. The topological polar surface area (TPSA) is 40.5 Å². The number of carboxylic acids is 1. The summed E-state index contributed by atoms with van der Waals surface area (Å²) >= 11 is 0. The molecule has 0 bridgehead atoms. The lowest BCUT2D eigenvalue weighted by Gasteiger charge is -2.30. The Balaban J connectivity index is 2.45. The molecule has 1 N–H and O–H groups in total. The molecule has 1 heterocycles. The first-order valence-corrected chi connectivity index (χ1v) is 4.16. The molecule has 0 aromatic rings. The van der Waals surface area contributed by atoms with Crippen LogP contribution in [0.15, 0.2) is 0 Å². The SMILES string of the molecule is CN1CCCC(C(F)C(=O)O)C1. The lowest BCUT2D eigenvalue weighted by atomic mass is 9.94. The van der Waals surface area contributed by atoms with Crippen molar-refractivity contribution >= 4 is 5.97 Å². The molecule has 1 rings (SSSR count). The molecule has 1 fully saturated rings. The van der Waals surface area contributed by atoms with Gasteiger partial charge in [0.25, 0.3) is 0 Å². The van der Waals surface area contributed by atoms with Crippen LogP contribution in [0.5, 0.6) is 0 Å². The van der Waals surface area contributed by atoms with Gasteiger partial charge < -0.3 is 10.0 Å². The van der Waals surface area contributed by atoms with E-state index in [1.165, 1.54) is 0 Å². The third-order valence-corrected chi connectivity index (χ3v) is 2.31. The van der Waals surface area contributed by atoms with Gasteiger partial charge in [-0.2, -0.15) is 0 Å². The number of rotatable bonds is 2. The number of nitrogens with zero attached hydrogens (tertiary/aromatic N) is 1. The maximum Gasteiger partial charge on any atom is 0.338 e. The summed E-state index contributed by atoms with van der Waals surface area (Å²) < 4.78 is 13.0. The van der Waals surface area contributed by atoms with Crippen LogP contribution in [-0.2, 0) is 4.79 Å². The highest BCUT2D eigenvalue weighted by molar-refractivity contribution is 5.72. The van der Waals surface area contributed by atoms with Crippen LogP contribution < -0.4 is 0 Å². The molecule has 2 unspecified atom stereocenters. The number of alkyl halides is 1. The van der Waals surface area contributed by atoms with Crippen molar-refractivity contribution in [2.75, 3.05) is 20.1 Å². The van der Waals surface area contributed by atoms with Crippen LogP contribution in [0.1, 0.15) is 12.8 Å². The van der Waals surface area contributed by atoms with Crippen molar-refractivity contribution in [3.63, 3.8) is 0 Å². The van der Waals surface area contributed by atoms with E-state index in [4.69, 9.17) is 5.11 Å². The van der Waals surface area contributed by atoms with Gasteiger partial charge in [0.15, 0.2) is 0 Å². The number of carboxylic acid groups (broad SMARTS) is 1. The summed E-state index contributed by atoms with van der Waals surface area (Å²) in [6, 6.07) is 0. The van der Waals surface area contributed by atoms with Gasteiger partial charge in [-0.15, -0.1) is 0 Å². The van der Waals surface area contributed by atoms with Crippen molar-refractivity contribution in [2.45, 2.75) is 19.0 Å². The van der Waals surface area contributed by atoms with Crippen LogP contribution >= 0.6 is 0 Å². The second kappa shape index (κ2) is 3.85. The van der Waals surface area contributed by atoms with Gasteiger partial charge in [0.1, 0.15) is 0 Å². The fraction of sp³-hybridized carbons (Fsp3) is 0.875. The zero-order valence-electron chi connectivity index (χ0n) is 7.16. The zero-order valence-corrected chi connectivity index (χ0v) is 7.16. The average molecular weight is 175 g/mol. The molecule has 2 atom stereocenters. The van der Waals surface area contributed by atoms with E-state index in [1.54, 1.807) is 0 Å². The van der Waals surface area contributed by atoms with E-state index in [0.717, 1.165) is 13.0 Å². The molecule has 4 heteroatoms. The Morgan fingerprint density at radius 2 is 2.42 bits per heavy atom. The number of likely N-dealkylation sites (tertiary alicyclic amines) is 1. The fourth-order valence-corrected chi connectivity index (χ4v) is 1.65. The molecular weight excluding hydrogens is 161 g/mol. The molecule has 0 amide bonds. The minimum absolute atomic E-state index is 0.318. The number of carbonyl (C=O) groups is 1. The predicted octanol–water partition coefficient (Wildman–Crippen LogP) is 0.751. The first-order valence-electron chi connectivity index (χ1n) is 4.16. The summed E-state index contributed by atoms with van der Waals surface area (Å²) in [4.78, 5) is 12.3. The van der Waals surface area contributed by atoms with E-state index >= 15 is 0 Å². The van der Waals surface area contributed by atoms with Gasteiger partial charge in [0.05, 0.1) is 0 Å². The molecule has 3 nitrogen and oxygen atoms in total. The maximum atomic E-state index is 13.0. The average Bonchev–Trinajstić information content (AvgIpc) is 2.03. The molecule has 0 saturated carbocycles. The standard InChI is InChI=1S/C8H14FNO2/c1-10-4-2-3-6(5-10)7(9)8(11)12/h6-7H,2-5H2,1H3,(H,11,12). The molecule has 70 valence electrons. The van der Waals surface area contributed by atoms with Gasteiger partial charge in [0.2, 0.25) is 6.17 Å². The third kappa shape index (κ3) is 2.17. The number of piperidine rings is 1. The first-order chi connectivity index (χ1) is 5.61. The van der Waals surface area contributed by atoms with Gasteiger partial charge in [-0.05, 0) is 26.4 Å². The minimum Gasteiger partial charge on any atom is -0.479 e. The molecule has 1 aliphatic heterocycles. The van der Waals surface area contributed by atoms with Crippen molar-refractivity contribution in [1.29, 1.82) is 0 Å². The smallest absolute Gasteiger partial charge is 0.338 e. The summed E-state index contributed by atoms with van der Waals surface area (Å²) in [7, 11) is 1.89. The Hall–Kier alpha value is -0.640. The molecule has 1 aliphatic rings. The van der Waals surface area contributed by atoms with Crippen molar-refractivity contribution in [3.05, 3.63) is 0 Å². The maximum absolute atomic E-state index is 13.0. The van der Waals surface area contributed by atoms with Crippen LogP contribution in [-0.4, -0.2) is 42.3 Å². The van der Waals surface area contributed by atoms with Crippen LogP contribution in [0.3, 0.4) is 0 Å². The Bertz CT molecular complexity index is 174. The normalized spacial score (nSPS) is 28.3. The zero-order chi connectivity index (χ0) is 9.14. The third-order valence-electron chi connectivity index (χ3n) is 2.31. The van der Waals surface area contributed by atoms with Crippen molar-refractivity contribution in [2.24, 2.45) is 5.92 Å². The van der Waals surface area contributed by atoms with E-state index < -0.39 is 12.1 Å². The Kier molecular flexibility index (Phi) is 3.03. The number of halogens is 1. The molecule has 1 saturated heterocycles. The van der Waals surface area contributed by atoms with Gasteiger partial charge in [0, 0.05) is 12.5 Å². The van der Waals surface area contributed by atoms with E-state index in [9.17, 15) is 9.18 Å². The summed E-state index contributed by atoms with van der Waals surface area (Å²) in [5.74, 6) is -1.64. The highest BCUT2D eigenvalue weighted by Gasteiger charge is 2.30. The van der Waals surface area contributed by atoms with Crippen molar-refractivity contribution in [3.8, 4) is 0 Å². The van der Waals surface area contributed by atoms with Crippen LogP contribution in [0.4, 0.5) is 4.39 Å². The highest BCUT2D eigenvalue weighted by Crippen LogP contribution is 2.20. The molecule has 0 radical (unpaired) electrons. The molecule has 0 aromatic heterocycles. The van der Waals surface area contributed by atoms with E-state index in [2.05, 4.69) is 0 Å². The summed E-state index contributed by atoms with van der Waals surface area (Å²) in [6.45, 7) is 1.51. The molecule has 0 aromatic carbocycles. The van der Waals surface area contributed by atoms with E-state index in [-0.39, 0.29) is 5.92 Å². The quantitative estimate of drug-likeness (QED) is 0.673. The van der Waals surface area contributed by atoms with Gasteiger partial charge >= 0.3 is 5.97 Å². The summed E-state index contributed by atoms with van der Waals surface area (Å²) in [5.41, 5.74) is 0. The van der Waals surface area contributed by atoms with E-state index in [0.29, 0.717) is 13.0 Å². The Morgan fingerprint density at radius 3 is 2.92 bits per heavy atom. The van der Waals surface area contributed by atoms with Crippen molar-refractivity contribution in [1.82, 2.24) is 4.90 Å².